The zero-order chi connectivity index (χ0) is 14.6. The Morgan fingerprint density at radius 2 is 1.95 bits per heavy atom. The molecule has 2 rings (SSSR count). The Labute approximate surface area is 120 Å². The summed E-state index contributed by atoms with van der Waals surface area (Å²) >= 11 is 0. The van der Waals surface area contributed by atoms with Gasteiger partial charge in [0.05, 0.1) is 11.0 Å². The van der Waals surface area contributed by atoms with Crippen LogP contribution in [0.25, 0.3) is 0 Å². The van der Waals surface area contributed by atoms with Crippen molar-refractivity contribution < 1.29 is 13.2 Å². The summed E-state index contributed by atoms with van der Waals surface area (Å²) in [5.41, 5.74) is 0.813. The summed E-state index contributed by atoms with van der Waals surface area (Å²) in [6, 6.07) is 9.24. The first-order chi connectivity index (χ1) is 9.54. The molecule has 1 atom stereocenters. The van der Waals surface area contributed by atoms with E-state index < -0.39 is 15.1 Å². The molecule has 1 aliphatic heterocycles. The van der Waals surface area contributed by atoms with Crippen LogP contribution >= 0.6 is 0 Å². The van der Waals surface area contributed by atoms with E-state index in [0.717, 1.165) is 5.56 Å². The van der Waals surface area contributed by atoms with Crippen LogP contribution < -0.4 is 0 Å². The van der Waals surface area contributed by atoms with Gasteiger partial charge in [-0.05, 0) is 25.0 Å². The predicted octanol–water partition coefficient (Wildman–Crippen LogP) is 1.95. The molecule has 1 saturated heterocycles. The molecule has 0 saturated carbocycles. The van der Waals surface area contributed by atoms with Gasteiger partial charge in [0.15, 0.2) is 9.84 Å². The summed E-state index contributed by atoms with van der Waals surface area (Å²) in [6.45, 7) is 2.52. The summed E-state index contributed by atoms with van der Waals surface area (Å²) in [5.74, 6) is -0.0908. The molecule has 0 spiro atoms. The number of rotatable bonds is 2. The summed E-state index contributed by atoms with van der Waals surface area (Å²) in [7, 11) is -3.21. The number of nitrogens with zero attached hydrogens (tertiary/aromatic N) is 1. The van der Waals surface area contributed by atoms with E-state index in [9.17, 15) is 13.2 Å². The third kappa shape index (κ3) is 3.28. The number of hydrogen-bond acceptors (Lipinski definition) is 3. The second-order valence-corrected chi connectivity index (χ2v) is 7.18. The highest BCUT2D eigenvalue weighted by atomic mass is 32.2. The van der Waals surface area contributed by atoms with Crippen molar-refractivity contribution in [2.24, 2.45) is 0 Å². The lowest BCUT2D eigenvalue weighted by Gasteiger charge is -2.18. The minimum absolute atomic E-state index is 0.0237. The molecule has 1 amide bonds. The molecule has 1 aromatic rings. The van der Waals surface area contributed by atoms with E-state index in [2.05, 4.69) is 0 Å². The lowest BCUT2D eigenvalue weighted by Crippen LogP contribution is -2.32. The Morgan fingerprint density at radius 1 is 1.25 bits per heavy atom. The largest absolute Gasteiger partial charge is 0.338 e. The molecule has 0 aliphatic carbocycles. The molecular weight excluding hydrogens is 274 g/mol. The predicted molar refractivity (Wildman–Crippen MR) is 79.0 cm³/mol. The second-order valence-electron chi connectivity index (χ2n) is 4.88. The summed E-state index contributed by atoms with van der Waals surface area (Å²) in [5, 5.41) is -0.507. The van der Waals surface area contributed by atoms with Crippen LogP contribution in [0.3, 0.4) is 0 Å². The van der Waals surface area contributed by atoms with Gasteiger partial charge in [0.2, 0.25) is 5.91 Å². The van der Waals surface area contributed by atoms with Crippen LogP contribution in [-0.4, -0.2) is 38.1 Å². The van der Waals surface area contributed by atoms with Gasteiger partial charge in [-0.3, -0.25) is 4.79 Å². The highest BCUT2D eigenvalue weighted by molar-refractivity contribution is 7.91. The maximum Gasteiger partial charge on any atom is 0.246 e. The number of carbonyl (C=O) groups excluding carboxylic acids is 1. The number of benzene rings is 1. The first kappa shape index (κ1) is 14.8. The Hall–Kier alpha value is -1.62. The first-order valence-corrected chi connectivity index (χ1v) is 8.44. The zero-order valence-corrected chi connectivity index (χ0v) is 12.3. The van der Waals surface area contributed by atoms with E-state index >= 15 is 0 Å². The monoisotopic (exact) mass is 293 g/mol. The Morgan fingerprint density at radius 3 is 2.60 bits per heavy atom. The molecule has 0 aromatic heterocycles. The van der Waals surface area contributed by atoms with Crippen molar-refractivity contribution in [3.8, 4) is 0 Å². The van der Waals surface area contributed by atoms with Crippen LogP contribution in [0, 0.1) is 0 Å². The summed E-state index contributed by atoms with van der Waals surface area (Å²) in [6.07, 6.45) is 3.61. The lowest BCUT2D eigenvalue weighted by atomic mass is 10.1. The van der Waals surface area contributed by atoms with Crippen molar-refractivity contribution in [2.45, 2.75) is 18.6 Å². The quantitative estimate of drug-likeness (QED) is 0.783. The average Bonchev–Trinajstić information content (AvgIpc) is 2.58. The normalized spacial score (nSPS) is 22.6. The number of amides is 1. The lowest BCUT2D eigenvalue weighted by molar-refractivity contribution is -0.125. The van der Waals surface area contributed by atoms with Gasteiger partial charge in [0.25, 0.3) is 0 Å². The Balaban J connectivity index is 2.22. The van der Waals surface area contributed by atoms with Gasteiger partial charge >= 0.3 is 0 Å². The minimum Gasteiger partial charge on any atom is -0.338 e. The molecular formula is C15H19NO3S. The van der Waals surface area contributed by atoms with Crippen molar-refractivity contribution >= 4 is 15.7 Å². The minimum atomic E-state index is -3.21. The zero-order valence-electron chi connectivity index (χ0n) is 11.5. The van der Waals surface area contributed by atoms with Gasteiger partial charge in [-0.2, -0.15) is 0 Å². The molecule has 0 radical (unpaired) electrons. The van der Waals surface area contributed by atoms with E-state index in [1.165, 1.54) is 6.08 Å². The molecule has 1 fully saturated rings. The fourth-order valence-corrected chi connectivity index (χ4v) is 4.25. The summed E-state index contributed by atoms with van der Waals surface area (Å²) in [4.78, 5) is 13.5. The molecule has 1 aliphatic rings. The third-order valence-electron chi connectivity index (χ3n) is 3.53. The van der Waals surface area contributed by atoms with Crippen LogP contribution in [0.2, 0.25) is 0 Å². The maximum atomic E-state index is 12.4. The smallest absolute Gasteiger partial charge is 0.246 e. The van der Waals surface area contributed by atoms with Gasteiger partial charge in [-0.15, -0.1) is 0 Å². The standard InChI is InChI=1S/C15H19NO3S/c1-2-6-15(17)16-10-9-14(20(18,19)12-11-16)13-7-4-3-5-8-13/h2-8,14H,9-12H2,1H3. The molecule has 4 nitrogen and oxygen atoms in total. The van der Waals surface area contributed by atoms with E-state index in [1.807, 2.05) is 30.3 Å². The van der Waals surface area contributed by atoms with Crippen molar-refractivity contribution in [1.29, 1.82) is 0 Å². The van der Waals surface area contributed by atoms with Gasteiger partial charge in [0.1, 0.15) is 0 Å². The maximum absolute atomic E-state index is 12.4. The van der Waals surface area contributed by atoms with Crippen molar-refractivity contribution in [2.75, 3.05) is 18.8 Å². The first-order valence-electron chi connectivity index (χ1n) is 6.72. The van der Waals surface area contributed by atoms with E-state index in [4.69, 9.17) is 0 Å². The van der Waals surface area contributed by atoms with E-state index in [1.54, 1.807) is 17.9 Å². The second kappa shape index (κ2) is 6.22. The van der Waals surface area contributed by atoms with Crippen LogP contribution in [-0.2, 0) is 14.6 Å². The summed E-state index contributed by atoms with van der Waals surface area (Å²) < 4.78 is 24.7. The van der Waals surface area contributed by atoms with Gasteiger partial charge in [-0.1, -0.05) is 36.4 Å². The Bertz CT molecular complexity index is 593. The van der Waals surface area contributed by atoms with Crippen molar-refractivity contribution in [3.63, 3.8) is 0 Å². The van der Waals surface area contributed by atoms with Gasteiger partial charge in [0, 0.05) is 13.1 Å². The van der Waals surface area contributed by atoms with Crippen LogP contribution in [0.15, 0.2) is 42.5 Å². The molecule has 0 N–H and O–H groups in total. The third-order valence-corrected chi connectivity index (χ3v) is 5.66. The molecule has 5 heteroatoms. The molecule has 0 bridgehead atoms. The average molecular weight is 293 g/mol. The Kier molecular flexibility index (Phi) is 4.60. The van der Waals surface area contributed by atoms with Crippen molar-refractivity contribution in [1.82, 2.24) is 4.90 Å². The topological polar surface area (TPSA) is 54.5 Å². The van der Waals surface area contributed by atoms with E-state index in [0.29, 0.717) is 13.0 Å². The van der Waals surface area contributed by atoms with E-state index in [-0.39, 0.29) is 18.2 Å². The van der Waals surface area contributed by atoms with Crippen LogP contribution in [0.5, 0.6) is 0 Å². The van der Waals surface area contributed by atoms with Crippen molar-refractivity contribution in [3.05, 3.63) is 48.0 Å². The number of carbonyl (C=O) groups is 1. The molecule has 1 unspecified atom stereocenters. The van der Waals surface area contributed by atoms with Gasteiger partial charge in [-0.25, -0.2) is 8.42 Å². The number of sulfone groups is 1. The molecule has 1 aromatic carbocycles. The highest BCUT2D eigenvalue weighted by Gasteiger charge is 2.31. The molecule has 108 valence electrons. The fraction of sp³-hybridized carbons (Fsp3) is 0.400. The highest BCUT2D eigenvalue weighted by Crippen LogP contribution is 2.29. The van der Waals surface area contributed by atoms with Crippen LogP contribution in [0.4, 0.5) is 0 Å². The SMILES string of the molecule is CC=CC(=O)N1CCC(c2ccccc2)S(=O)(=O)CC1. The molecule has 1 heterocycles. The molecule has 20 heavy (non-hydrogen) atoms. The number of hydrogen-bond donors (Lipinski definition) is 0. The van der Waals surface area contributed by atoms with Gasteiger partial charge < -0.3 is 4.90 Å². The van der Waals surface area contributed by atoms with Crippen LogP contribution in [0.1, 0.15) is 24.2 Å². The fourth-order valence-electron chi connectivity index (χ4n) is 2.45. The number of allylic oxidation sites excluding steroid dienone is 1.